The third kappa shape index (κ3) is 1.95. The van der Waals surface area contributed by atoms with E-state index in [9.17, 15) is 9.59 Å². The van der Waals surface area contributed by atoms with Gasteiger partial charge in [-0.15, -0.1) is 5.10 Å². The Bertz CT molecular complexity index is 383. The van der Waals surface area contributed by atoms with Gasteiger partial charge in [0, 0.05) is 19.4 Å². The van der Waals surface area contributed by atoms with Crippen LogP contribution in [0, 0.1) is 0 Å². The minimum Gasteiger partial charge on any atom is -0.367 e. The smallest absolute Gasteiger partial charge is 0.239 e. The Balaban J connectivity index is 1.93. The van der Waals surface area contributed by atoms with E-state index in [1.807, 2.05) is 0 Å². The summed E-state index contributed by atoms with van der Waals surface area (Å²) in [5, 5.41) is 3.86. The Kier molecular flexibility index (Phi) is 2.36. The van der Waals surface area contributed by atoms with Crippen molar-refractivity contribution in [2.45, 2.75) is 19.4 Å². The molecule has 0 atom stereocenters. The fourth-order valence-electron chi connectivity index (χ4n) is 1.49. The summed E-state index contributed by atoms with van der Waals surface area (Å²) in [4.78, 5) is 27.5. The molecule has 1 aromatic rings. The lowest BCUT2D eigenvalue weighted by molar-refractivity contribution is -0.138. The van der Waals surface area contributed by atoms with Gasteiger partial charge in [-0.25, -0.2) is 9.67 Å². The van der Waals surface area contributed by atoms with Crippen molar-refractivity contribution >= 4 is 17.8 Å². The third-order valence-electron chi connectivity index (χ3n) is 2.26. The van der Waals surface area contributed by atoms with Gasteiger partial charge in [-0.1, -0.05) is 0 Å². The molecule has 1 aliphatic rings. The van der Waals surface area contributed by atoms with Gasteiger partial charge in [0.15, 0.2) is 0 Å². The maximum Gasteiger partial charge on any atom is 0.239 e. The highest BCUT2D eigenvalue weighted by molar-refractivity contribution is 6.01. The van der Waals surface area contributed by atoms with Gasteiger partial charge < -0.3 is 5.73 Å². The molecule has 0 bridgehead atoms. The first kappa shape index (κ1) is 9.63. The molecule has 2 heterocycles. The zero-order chi connectivity index (χ0) is 10.8. The zero-order valence-corrected chi connectivity index (χ0v) is 8.09. The molecule has 1 aromatic heterocycles. The molecule has 1 aliphatic heterocycles. The second kappa shape index (κ2) is 3.68. The normalized spacial score (nSPS) is 16.4. The van der Waals surface area contributed by atoms with E-state index in [4.69, 9.17) is 5.73 Å². The van der Waals surface area contributed by atoms with E-state index in [2.05, 4.69) is 10.1 Å². The van der Waals surface area contributed by atoms with Crippen LogP contribution in [-0.4, -0.2) is 38.0 Å². The summed E-state index contributed by atoms with van der Waals surface area (Å²) in [6, 6.07) is 0. The van der Waals surface area contributed by atoms with Gasteiger partial charge in [0.1, 0.15) is 6.33 Å². The van der Waals surface area contributed by atoms with Crippen LogP contribution in [0.5, 0.6) is 0 Å². The van der Waals surface area contributed by atoms with Crippen molar-refractivity contribution in [3.05, 3.63) is 6.33 Å². The van der Waals surface area contributed by atoms with Crippen LogP contribution in [0.3, 0.4) is 0 Å². The molecule has 0 aromatic carbocycles. The number of carbonyl (C=O) groups excluding carboxylic acids is 2. The van der Waals surface area contributed by atoms with Crippen molar-refractivity contribution in [2.75, 3.05) is 12.3 Å². The lowest BCUT2D eigenvalue weighted by atomic mass is 10.4. The molecule has 0 radical (unpaired) electrons. The van der Waals surface area contributed by atoms with Crippen LogP contribution < -0.4 is 5.73 Å². The minimum atomic E-state index is -0.118. The van der Waals surface area contributed by atoms with Crippen molar-refractivity contribution in [1.82, 2.24) is 19.7 Å². The average Bonchev–Trinajstić information content (AvgIpc) is 2.73. The number of rotatable bonds is 3. The first-order valence-electron chi connectivity index (χ1n) is 4.65. The van der Waals surface area contributed by atoms with E-state index in [1.54, 1.807) is 0 Å². The molecule has 2 amide bonds. The number of likely N-dealkylation sites (tertiary alicyclic amines) is 1. The van der Waals surface area contributed by atoms with Crippen LogP contribution in [0.2, 0.25) is 0 Å². The molecule has 0 saturated carbocycles. The quantitative estimate of drug-likeness (QED) is 0.645. The minimum absolute atomic E-state index is 0.118. The monoisotopic (exact) mass is 209 g/mol. The van der Waals surface area contributed by atoms with Crippen LogP contribution in [0.1, 0.15) is 12.8 Å². The van der Waals surface area contributed by atoms with Gasteiger partial charge in [0.2, 0.25) is 17.8 Å². The summed E-state index contributed by atoms with van der Waals surface area (Å²) in [6.45, 7) is 0.766. The molecule has 2 N–H and O–H groups in total. The summed E-state index contributed by atoms with van der Waals surface area (Å²) < 4.78 is 1.51. The molecule has 0 unspecified atom stereocenters. The lowest BCUT2D eigenvalue weighted by Crippen LogP contribution is -2.32. The average molecular weight is 209 g/mol. The number of nitrogen functional groups attached to an aromatic ring is 1. The third-order valence-corrected chi connectivity index (χ3v) is 2.26. The van der Waals surface area contributed by atoms with E-state index in [1.165, 1.54) is 15.9 Å². The fraction of sp³-hybridized carbons (Fsp3) is 0.500. The topological polar surface area (TPSA) is 94.1 Å². The highest BCUT2D eigenvalue weighted by Gasteiger charge is 2.28. The summed E-state index contributed by atoms with van der Waals surface area (Å²) in [6.07, 6.45) is 2.11. The van der Waals surface area contributed by atoms with E-state index in [0.29, 0.717) is 25.9 Å². The van der Waals surface area contributed by atoms with Gasteiger partial charge in [-0.3, -0.25) is 14.5 Å². The van der Waals surface area contributed by atoms with Crippen LogP contribution in [0.4, 0.5) is 5.95 Å². The number of carbonyl (C=O) groups is 2. The summed E-state index contributed by atoms with van der Waals surface area (Å²) in [5.41, 5.74) is 5.33. The lowest BCUT2D eigenvalue weighted by Gasteiger charge is -2.12. The van der Waals surface area contributed by atoms with Gasteiger partial charge in [0.05, 0.1) is 6.54 Å². The number of hydrogen-bond donors (Lipinski definition) is 1. The second-order valence-electron chi connectivity index (χ2n) is 3.30. The Hall–Kier alpha value is -1.92. The Labute approximate surface area is 85.9 Å². The Morgan fingerprint density at radius 2 is 1.93 bits per heavy atom. The molecule has 2 rings (SSSR count). The van der Waals surface area contributed by atoms with Crippen LogP contribution in [0.25, 0.3) is 0 Å². The summed E-state index contributed by atoms with van der Waals surface area (Å²) in [5.74, 6) is -0.0461. The molecule has 80 valence electrons. The summed E-state index contributed by atoms with van der Waals surface area (Å²) in [7, 11) is 0. The number of nitrogens with two attached hydrogens (primary N) is 1. The number of anilines is 1. The molecular weight excluding hydrogens is 198 g/mol. The highest BCUT2D eigenvalue weighted by atomic mass is 16.2. The molecule has 7 nitrogen and oxygen atoms in total. The maximum absolute atomic E-state index is 11.2. The standard InChI is InChI=1S/C8H11N5O2/c9-8-10-5-12(11-8)3-4-13-6(14)1-2-7(13)15/h5H,1-4H2,(H2,9,11). The van der Waals surface area contributed by atoms with Crippen LogP contribution in [0.15, 0.2) is 6.33 Å². The molecule has 1 fully saturated rings. The molecule has 0 spiro atoms. The van der Waals surface area contributed by atoms with Gasteiger partial charge in [-0.2, -0.15) is 0 Å². The van der Waals surface area contributed by atoms with Crippen molar-refractivity contribution in [3.8, 4) is 0 Å². The van der Waals surface area contributed by atoms with Crippen molar-refractivity contribution in [1.29, 1.82) is 0 Å². The molecule has 1 saturated heterocycles. The first-order chi connectivity index (χ1) is 7.16. The first-order valence-corrected chi connectivity index (χ1v) is 4.65. The van der Waals surface area contributed by atoms with Gasteiger partial charge in [-0.05, 0) is 0 Å². The summed E-state index contributed by atoms with van der Waals surface area (Å²) >= 11 is 0. The van der Waals surface area contributed by atoms with E-state index in [0.717, 1.165) is 0 Å². The predicted molar refractivity (Wildman–Crippen MR) is 50.4 cm³/mol. The van der Waals surface area contributed by atoms with E-state index >= 15 is 0 Å². The molecule has 7 heteroatoms. The zero-order valence-electron chi connectivity index (χ0n) is 8.09. The Morgan fingerprint density at radius 3 is 2.47 bits per heavy atom. The van der Waals surface area contributed by atoms with Crippen molar-refractivity contribution in [2.24, 2.45) is 0 Å². The fourth-order valence-corrected chi connectivity index (χ4v) is 1.49. The predicted octanol–water partition coefficient (Wildman–Crippen LogP) is -0.991. The van der Waals surface area contributed by atoms with E-state index < -0.39 is 0 Å². The van der Waals surface area contributed by atoms with Crippen LogP contribution >= 0.6 is 0 Å². The Morgan fingerprint density at radius 1 is 1.27 bits per heavy atom. The van der Waals surface area contributed by atoms with Crippen LogP contribution in [-0.2, 0) is 16.1 Å². The maximum atomic E-state index is 11.2. The molecule has 15 heavy (non-hydrogen) atoms. The largest absolute Gasteiger partial charge is 0.367 e. The van der Waals surface area contributed by atoms with E-state index in [-0.39, 0.29) is 17.8 Å². The SMILES string of the molecule is Nc1ncn(CCN2C(=O)CCC2=O)n1. The highest BCUT2D eigenvalue weighted by Crippen LogP contribution is 2.11. The van der Waals surface area contributed by atoms with Gasteiger partial charge in [0.25, 0.3) is 0 Å². The van der Waals surface area contributed by atoms with Crippen molar-refractivity contribution in [3.63, 3.8) is 0 Å². The number of amides is 2. The molecular formula is C8H11N5O2. The number of nitrogens with zero attached hydrogens (tertiary/aromatic N) is 4. The van der Waals surface area contributed by atoms with Crippen molar-refractivity contribution < 1.29 is 9.59 Å². The number of aromatic nitrogens is 3. The van der Waals surface area contributed by atoms with Gasteiger partial charge >= 0.3 is 0 Å². The second-order valence-corrected chi connectivity index (χ2v) is 3.30. The molecule has 0 aliphatic carbocycles. The number of imide groups is 1. The number of hydrogen-bond acceptors (Lipinski definition) is 5.